The molecule has 0 aromatic heterocycles. The van der Waals surface area contributed by atoms with Gasteiger partial charge in [-0.2, -0.15) is 0 Å². The molecule has 1 aliphatic rings. The van der Waals surface area contributed by atoms with E-state index in [0.29, 0.717) is 18.2 Å². The maximum atomic E-state index is 13.2. The molecule has 0 aliphatic heterocycles. The van der Waals surface area contributed by atoms with Gasteiger partial charge in [0.1, 0.15) is 5.82 Å². The Morgan fingerprint density at radius 2 is 2.26 bits per heavy atom. The van der Waals surface area contributed by atoms with Crippen molar-refractivity contribution in [3.8, 4) is 0 Å². The Bertz CT molecular complexity index is 488. The summed E-state index contributed by atoms with van der Waals surface area (Å²) in [4.78, 5) is 10.4. The molecule has 1 aliphatic carbocycles. The van der Waals surface area contributed by atoms with Gasteiger partial charge in [-0.25, -0.2) is 4.39 Å². The summed E-state index contributed by atoms with van der Waals surface area (Å²) >= 11 is 0. The van der Waals surface area contributed by atoms with E-state index in [1.807, 2.05) is 0 Å². The third kappa shape index (κ3) is 3.10. The molecule has 0 radical (unpaired) electrons. The maximum Gasteiger partial charge on any atom is 0.274 e. The van der Waals surface area contributed by atoms with Crippen LogP contribution in [0.1, 0.15) is 38.7 Å². The molecule has 104 valence electrons. The summed E-state index contributed by atoms with van der Waals surface area (Å²) in [5, 5.41) is 14.3. The molecule has 0 saturated heterocycles. The normalized spacial score (nSPS) is 21.5. The monoisotopic (exact) mass is 266 g/mol. The molecule has 1 atom stereocenters. The standard InChI is InChI=1S/C14H19FN2O2/c1-14(2)7-3-4-13(14)16-9-10-8-11(15)5-6-12(10)17(18)19/h5-6,8,13,16H,3-4,7,9H2,1-2H3. The number of benzene rings is 1. The summed E-state index contributed by atoms with van der Waals surface area (Å²) in [6, 6.07) is 3.93. The third-order valence-electron chi connectivity index (χ3n) is 4.03. The van der Waals surface area contributed by atoms with Crippen molar-refractivity contribution >= 4 is 5.69 Å². The van der Waals surface area contributed by atoms with Gasteiger partial charge in [0.15, 0.2) is 0 Å². The molecule has 1 aromatic carbocycles. The Hall–Kier alpha value is -1.49. The first-order valence-corrected chi connectivity index (χ1v) is 6.56. The topological polar surface area (TPSA) is 55.2 Å². The van der Waals surface area contributed by atoms with E-state index in [-0.39, 0.29) is 11.1 Å². The number of halogens is 1. The van der Waals surface area contributed by atoms with Crippen molar-refractivity contribution in [1.29, 1.82) is 0 Å². The predicted octanol–water partition coefficient (Wildman–Crippen LogP) is 3.40. The van der Waals surface area contributed by atoms with E-state index in [9.17, 15) is 14.5 Å². The first kappa shape index (κ1) is 13.9. The average Bonchev–Trinajstić information content (AvgIpc) is 2.65. The summed E-state index contributed by atoms with van der Waals surface area (Å²) in [6.07, 6.45) is 3.38. The van der Waals surface area contributed by atoms with E-state index in [0.717, 1.165) is 25.3 Å². The maximum absolute atomic E-state index is 13.2. The lowest BCUT2D eigenvalue weighted by atomic mass is 9.87. The lowest BCUT2D eigenvalue weighted by Gasteiger charge is -2.28. The third-order valence-corrected chi connectivity index (χ3v) is 4.03. The van der Waals surface area contributed by atoms with Crippen LogP contribution in [0.5, 0.6) is 0 Å². The molecule has 1 saturated carbocycles. The van der Waals surface area contributed by atoms with E-state index in [1.165, 1.54) is 12.1 Å². The van der Waals surface area contributed by atoms with Gasteiger partial charge in [0.25, 0.3) is 5.69 Å². The summed E-state index contributed by atoms with van der Waals surface area (Å²) in [7, 11) is 0. The van der Waals surface area contributed by atoms with Crippen LogP contribution in [0.4, 0.5) is 10.1 Å². The Morgan fingerprint density at radius 3 is 2.84 bits per heavy atom. The largest absolute Gasteiger partial charge is 0.309 e. The van der Waals surface area contributed by atoms with E-state index < -0.39 is 10.7 Å². The highest BCUT2D eigenvalue weighted by atomic mass is 19.1. The van der Waals surface area contributed by atoms with Crippen LogP contribution in [0.3, 0.4) is 0 Å². The molecule has 1 fully saturated rings. The number of nitro groups is 1. The predicted molar refractivity (Wildman–Crippen MR) is 71.3 cm³/mol. The number of nitro benzene ring substituents is 1. The fourth-order valence-corrected chi connectivity index (χ4v) is 2.81. The lowest BCUT2D eigenvalue weighted by Crippen LogP contribution is -2.37. The number of nitrogens with one attached hydrogen (secondary N) is 1. The van der Waals surface area contributed by atoms with Crippen molar-refractivity contribution in [2.75, 3.05) is 0 Å². The Labute approximate surface area is 112 Å². The Balaban J connectivity index is 2.11. The smallest absolute Gasteiger partial charge is 0.274 e. The average molecular weight is 266 g/mol. The van der Waals surface area contributed by atoms with E-state index in [4.69, 9.17) is 0 Å². The van der Waals surface area contributed by atoms with Crippen molar-refractivity contribution in [3.05, 3.63) is 39.7 Å². The zero-order valence-electron chi connectivity index (χ0n) is 11.3. The summed E-state index contributed by atoms with van der Waals surface area (Å²) in [6.45, 7) is 4.72. The van der Waals surface area contributed by atoms with Crippen LogP contribution in [-0.2, 0) is 6.54 Å². The van der Waals surface area contributed by atoms with Gasteiger partial charge in [-0.15, -0.1) is 0 Å². The number of hydrogen-bond donors (Lipinski definition) is 1. The molecule has 1 unspecified atom stereocenters. The number of rotatable bonds is 4. The molecular weight excluding hydrogens is 247 g/mol. The molecule has 0 bridgehead atoms. The van der Waals surface area contributed by atoms with Crippen molar-refractivity contribution in [2.24, 2.45) is 5.41 Å². The van der Waals surface area contributed by atoms with E-state index in [1.54, 1.807) is 0 Å². The molecule has 0 heterocycles. The van der Waals surface area contributed by atoms with Crippen molar-refractivity contribution in [2.45, 2.75) is 45.7 Å². The zero-order valence-corrected chi connectivity index (χ0v) is 11.3. The summed E-state index contributed by atoms with van der Waals surface area (Å²) < 4.78 is 13.2. The lowest BCUT2D eigenvalue weighted by molar-refractivity contribution is -0.385. The van der Waals surface area contributed by atoms with Gasteiger partial charge < -0.3 is 5.32 Å². The minimum absolute atomic E-state index is 0.0234. The Kier molecular flexibility index (Phi) is 3.85. The van der Waals surface area contributed by atoms with Crippen LogP contribution >= 0.6 is 0 Å². The number of hydrogen-bond acceptors (Lipinski definition) is 3. The van der Waals surface area contributed by atoms with Crippen LogP contribution in [0.15, 0.2) is 18.2 Å². The highest BCUT2D eigenvalue weighted by Gasteiger charge is 2.34. The van der Waals surface area contributed by atoms with Crippen molar-refractivity contribution in [3.63, 3.8) is 0 Å². The number of nitrogens with zero attached hydrogens (tertiary/aromatic N) is 1. The summed E-state index contributed by atoms with van der Waals surface area (Å²) in [5.41, 5.74) is 0.583. The van der Waals surface area contributed by atoms with Gasteiger partial charge >= 0.3 is 0 Å². The quantitative estimate of drug-likeness (QED) is 0.671. The van der Waals surface area contributed by atoms with Gasteiger partial charge in [-0.3, -0.25) is 10.1 Å². The molecule has 0 amide bonds. The van der Waals surface area contributed by atoms with Gasteiger partial charge in [0.2, 0.25) is 0 Å². The molecule has 19 heavy (non-hydrogen) atoms. The second-order valence-corrected chi connectivity index (χ2v) is 5.84. The van der Waals surface area contributed by atoms with Crippen LogP contribution in [0.25, 0.3) is 0 Å². The fourth-order valence-electron chi connectivity index (χ4n) is 2.81. The molecule has 2 rings (SSSR count). The van der Waals surface area contributed by atoms with Gasteiger partial charge in [0.05, 0.1) is 4.92 Å². The highest BCUT2D eigenvalue weighted by molar-refractivity contribution is 5.40. The van der Waals surface area contributed by atoms with E-state index in [2.05, 4.69) is 19.2 Å². The molecule has 0 spiro atoms. The van der Waals surface area contributed by atoms with Crippen molar-refractivity contribution in [1.82, 2.24) is 5.32 Å². The fraction of sp³-hybridized carbons (Fsp3) is 0.571. The second-order valence-electron chi connectivity index (χ2n) is 5.84. The Morgan fingerprint density at radius 1 is 1.53 bits per heavy atom. The van der Waals surface area contributed by atoms with Gasteiger partial charge in [0, 0.05) is 24.2 Å². The highest BCUT2D eigenvalue weighted by Crippen LogP contribution is 2.37. The SMILES string of the molecule is CC1(C)CCCC1NCc1cc(F)ccc1[N+](=O)[O-]. The molecular formula is C14H19FN2O2. The van der Waals surface area contributed by atoms with Crippen LogP contribution in [0, 0.1) is 21.3 Å². The van der Waals surface area contributed by atoms with Crippen molar-refractivity contribution < 1.29 is 9.31 Å². The first-order valence-electron chi connectivity index (χ1n) is 6.56. The second kappa shape index (κ2) is 5.25. The van der Waals surface area contributed by atoms with Crippen LogP contribution in [0.2, 0.25) is 0 Å². The molecule has 5 heteroatoms. The molecule has 4 nitrogen and oxygen atoms in total. The minimum atomic E-state index is -0.462. The molecule has 1 aromatic rings. The van der Waals surface area contributed by atoms with Gasteiger partial charge in [-0.1, -0.05) is 20.3 Å². The molecule has 1 N–H and O–H groups in total. The van der Waals surface area contributed by atoms with Gasteiger partial charge in [-0.05, 0) is 30.4 Å². The van der Waals surface area contributed by atoms with E-state index >= 15 is 0 Å². The zero-order chi connectivity index (χ0) is 14.0. The minimum Gasteiger partial charge on any atom is -0.309 e. The van der Waals surface area contributed by atoms with Crippen LogP contribution < -0.4 is 5.32 Å². The summed E-state index contributed by atoms with van der Waals surface area (Å²) in [5.74, 6) is -0.437. The van der Waals surface area contributed by atoms with Crippen LogP contribution in [-0.4, -0.2) is 11.0 Å². The first-order chi connectivity index (χ1) is 8.90.